The molecule has 0 amide bonds. The maximum absolute atomic E-state index is 5.45. The van der Waals surface area contributed by atoms with Crippen LogP contribution in [0.25, 0.3) is 0 Å². The SMILES string of the molecule is CC(C)(C)c1cc(NN)nc(C2(C)CC2)n1. The molecule has 3 N–H and O–H groups in total. The molecule has 0 spiro atoms. The zero-order valence-corrected chi connectivity index (χ0v) is 10.5. The Labute approximate surface area is 96.6 Å². The van der Waals surface area contributed by atoms with Gasteiger partial charge >= 0.3 is 0 Å². The third-order valence-electron chi connectivity index (χ3n) is 3.18. The molecule has 1 aromatic rings. The van der Waals surface area contributed by atoms with Gasteiger partial charge in [0.2, 0.25) is 0 Å². The highest BCUT2D eigenvalue weighted by Gasteiger charge is 2.42. The lowest BCUT2D eigenvalue weighted by Gasteiger charge is -2.20. The van der Waals surface area contributed by atoms with Crippen molar-refractivity contribution in [2.75, 3.05) is 5.43 Å². The van der Waals surface area contributed by atoms with E-state index in [0.29, 0.717) is 5.82 Å². The van der Waals surface area contributed by atoms with E-state index in [9.17, 15) is 0 Å². The highest BCUT2D eigenvalue weighted by atomic mass is 15.3. The van der Waals surface area contributed by atoms with Crippen molar-refractivity contribution < 1.29 is 0 Å². The molecule has 0 atom stereocenters. The molecule has 0 aliphatic heterocycles. The smallest absolute Gasteiger partial charge is 0.143 e. The third kappa shape index (κ3) is 2.02. The van der Waals surface area contributed by atoms with Crippen molar-refractivity contribution in [3.05, 3.63) is 17.6 Å². The number of hydrogen-bond acceptors (Lipinski definition) is 4. The molecular weight excluding hydrogens is 200 g/mol. The van der Waals surface area contributed by atoms with Crippen LogP contribution in [0.3, 0.4) is 0 Å². The van der Waals surface area contributed by atoms with E-state index in [2.05, 4.69) is 43.1 Å². The molecular formula is C12H20N4. The quantitative estimate of drug-likeness (QED) is 0.592. The molecule has 0 saturated heterocycles. The van der Waals surface area contributed by atoms with E-state index >= 15 is 0 Å². The van der Waals surface area contributed by atoms with Gasteiger partial charge in [-0.15, -0.1) is 0 Å². The van der Waals surface area contributed by atoms with E-state index in [1.54, 1.807) is 0 Å². The van der Waals surface area contributed by atoms with Crippen molar-refractivity contribution in [1.82, 2.24) is 9.97 Å². The van der Waals surface area contributed by atoms with Crippen molar-refractivity contribution in [2.24, 2.45) is 5.84 Å². The van der Waals surface area contributed by atoms with Crippen molar-refractivity contribution in [3.63, 3.8) is 0 Å². The fraction of sp³-hybridized carbons (Fsp3) is 0.667. The first-order valence-electron chi connectivity index (χ1n) is 5.72. The highest BCUT2D eigenvalue weighted by Crippen LogP contribution is 2.46. The van der Waals surface area contributed by atoms with Crippen LogP contribution < -0.4 is 11.3 Å². The molecule has 0 bridgehead atoms. The second-order valence-electron chi connectivity index (χ2n) is 5.92. The van der Waals surface area contributed by atoms with E-state index in [1.165, 1.54) is 12.8 Å². The minimum atomic E-state index is 0.0224. The first-order chi connectivity index (χ1) is 7.35. The van der Waals surface area contributed by atoms with Crippen molar-refractivity contribution in [1.29, 1.82) is 0 Å². The van der Waals surface area contributed by atoms with Gasteiger partial charge in [0.25, 0.3) is 0 Å². The molecule has 0 radical (unpaired) electrons. The lowest BCUT2D eigenvalue weighted by molar-refractivity contribution is 0.554. The van der Waals surface area contributed by atoms with Crippen LogP contribution in [0.1, 0.15) is 52.1 Å². The molecule has 1 fully saturated rings. The molecule has 1 aliphatic rings. The number of nitrogens with zero attached hydrogens (tertiary/aromatic N) is 2. The lowest BCUT2D eigenvalue weighted by atomic mass is 9.91. The van der Waals surface area contributed by atoms with Gasteiger partial charge in [0.05, 0.1) is 5.69 Å². The topological polar surface area (TPSA) is 63.8 Å². The number of hydrazine groups is 1. The Morgan fingerprint density at radius 3 is 2.38 bits per heavy atom. The van der Waals surface area contributed by atoms with Gasteiger partial charge in [-0.2, -0.15) is 0 Å². The van der Waals surface area contributed by atoms with Gasteiger partial charge < -0.3 is 5.43 Å². The molecule has 1 aromatic heterocycles. The average molecular weight is 220 g/mol. The van der Waals surface area contributed by atoms with Gasteiger partial charge in [-0.1, -0.05) is 27.7 Å². The molecule has 1 aliphatic carbocycles. The summed E-state index contributed by atoms with van der Waals surface area (Å²) in [6, 6.07) is 1.93. The Bertz CT molecular complexity index is 378. The molecule has 1 heterocycles. The molecule has 0 unspecified atom stereocenters. The minimum absolute atomic E-state index is 0.0224. The van der Waals surface area contributed by atoms with Crippen LogP contribution >= 0.6 is 0 Å². The number of nitrogens with two attached hydrogens (primary N) is 1. The van der Waals surface area contributed by atoms with E-state index in [-0.39, 0.29) is 10.8 Å². The standard InChI is InChI=1S/C12H20N4/c1-11(2,3)8-7-9(16-13)15-10(14-8)12(4)5-6-12/h7H,5-6,13H2,1-4H3,(H,14,15,16). The molecule has 0 aromatic carbocycles. The first-order valence-corrected chi connectivity index (χ1v) is 5.72. The Kier molecular flexibility index (Phi) is 2.42. The maximum Gasteiger partial charge on any atom is 0.143 e. The number of hydrogen-bond donors (Lipinski definition) is 2. The lowest BCUT2D eigenvalue weighted by Crippen LogP contribution is -2.20. The molecule has 4 nitrogen and oxygen atoms in total. The van der Waals surface area contributed by atoms with Gasteiger partial charge in [-0.3, -0.25) is 0 Å². The van der Waals surface area contributed by atoms with Crippen molar-refractivity contribution in [3.8, 4) is 0 Å². The van der Waals surface area contributed by atoms with E-state index in [0.717, 1.165) is 11.5 Å². The van der Waals surface area contributed by atoms with Crippen LogP contribution in [0.4, 0.5) is 5.82 Å². The van der Waals surface area contributed by atoms with Crippen molar-refractivity contribution >= 4 is 5.82 Å². The second-order valence-corrected chi connectivity index (χ2v) is 5.92. The largest absolute Gasteiger partial charge is 0.308 e. The zero-order chi connectivity index (χ0) is 12.0. The van der Waals surface area contributed by atoms with E-state index in [4.69, 9.17) is 5.84 Å². The van der Waals surface area contributed by atoms with Gasteiger partial charge in [-0.25, -0.2) is 15.8 Å². The van der Waals surface area contributed by atoms with Crippen LogP contribution in [0.5, 0.6) is 0 Å². The highest BCUT2D eigenvalue weighted by molar-refractivity contribution is 5.38. The van der Waals surface area contributed by atoms with Gasteiger partial charge in [0.1, 0.15) is 11.6 Å². The zero-order valence-electron chi connectivity index (χ0n) is 10.5. The van der Waals surface area contributed by atoms with Gasteiger partial charge in [0.15, 0.2) is 0 Å². The molecule has 2 rings (SSSR count). The Hall–Kier alpha value is -1.16. The molecule has 4 heteroatoms. The summed E-state index contributed by atoms with van der Waals surface area (Å²) in [7, 11) is 0. The minimum Gasteiger partial charge on any atom is -0.308 e. The number of nitrogen functional groups attached to an aromatic ring is 1. The van der Waals surface area contributed by atoms with Gasteiger partial charge in [-0.05, 0) is 12.8 Å². The summed E-state index contributed by atoms with van der Waals surface area (Å²) in [5, 5.41) is 0. The normalized spacial score (nSPS) is 18.3. The Morgan fingerprint density at radius 2 is 1.94 bits per heavy atom. The predicted molar refractivity (Wildman–Crippen MR) is 65.1 cm³/mol. The Morgan fingerprint density at radius 1 is 1.31 bits per heavy atom. The third-order valence-corrected chi connectivity index (χ3v) is 3.18. The summed E-state index contributed by atoms with van der Waals surface area (Å²) in [5.74, 6) is 7.09. The summed E-state index contributed by atoms with van der Waals surface area (Å²) in [4.78, 5) is 9.13. The number of rotatable bonds is 2. The monoisotopic (exact) mass is 220 g/mol. The Balaban J connectivity index is 2.47. The van der Waals surface area contributed by atoms with E-state index in [1.807, 2.05) is 6.07 Å². The van der Waals surface area contributed by atoms with Crippen molar-refractivity contribution in [2.45, 2.75) is 51.4 Å². The maximum atomic E-state index is 5.45. The van der Waals surface area contributed by atoms with Crippen LogP contribution in [0.2, 0.25) is 0 Å². The van der Waals surface area contributed by atoms with E-state index < -0.39 is 0 Å². The fourth-order valence-corrected chi connectivity index (χ4v) is 1.59. The first kappa shape index (κ1) is 11.3. The average Bonchev–Trinajstić information content (AvgIpc) is 2.96. The summed E-state index contributed by atoms with van der Waals surface area (Å²) in [6.07, 6.45) is 2.34. The number of nitrogens with one attached hydrogen (secondary N) is 1. The molecule has 16 heavy (non-hydrogen) atoms. The predicted octanol–water partition coefficient (Wildman–Crippen LogP) is 2.11. The summed E-state index contributed by atoms with van der Waals surface area (Å²) in [5.41, 5.74) is 3.86. The van der Waals surface area contributed by atoms with Crippen LogP contribution in [-0.2, 0) is 10.8 Å². The number of aromatic nitrogens is 2. The van der Waals surface area contributed by atoms with Crippen LogP contribution in [-0.4, -0.2) is 9.97 Å². The number of anilines is 1. The molecule has 1 saturated carbocycles. The fourth-order valence-electron chi connectivity index (χ4n) is 1.59. The van der Waals surface area contributed by atoms with Crippen LogP contribution in [0, 0.1) is 0 Å². The van der Waals surface area contributed by atoms with Gasteiger partial charge in [0, 0.05) is 16.9 Å². The summed E-state index contributed by atoms with van der Waals surface area (Å²) >= 11 is 0. The summed E-state index contributed by atoms with van der Waals surface area (Å²) in [6.45, 7) is 8.65. The summed E-state index contributed by atoms with van der Waals surface area (Å²) < 4.78 is 0. The molecule has 88 valence electrons. The van der Waals surface area contributed by atoms with Crippen LogP contribution in [0.15, 0.2) is 6.07 Å². The second kappa shape index (κ2) is 3.42.